The van der Waals surface area contributed by atoms with E-state index in [2.05, 4.69) is 10.1 Å². The number of carbonyl (C=O) groups is 2. The quantitative estimate of drug-likeness (QED) is 0.807. The van der Waals surface area contributed by atoms with E-state index in [1.807, 2.05) is 31.2 Å². The molecule has 0 aliphatic carbocycles. The molecule has 1 amide bonds. The molecule has 1 atom stereocenters. The standard InChI is InChI=1S/C18H21N3O5/c1-2-25-13-7-5-12(6-8-13)17-19-15(26-20-17)9-10-16(22)21-11-3-4-14(21)18(23)24/h5-8,14H,2-4,9-11H2,1H3,(H,23,24)/t14-/m1/s1. The highest BCUT2D eigenvalue weighted by molar-refractivity contribution is 5.84. The molecule has 1 aromatic heterocycles. The summed E-state index contributed by atoms with van der Waals surface area (Å²) in [6.07, 6.45) is 1.65. The Bertz CT molecular complexity index is 771. The lowest BCUT2D eigenvalue weighted by Crippen LogP contribution is -2.40. The topological polar surface area (TPSA) is 106 Å². The fraction of sp³-hybridized carbons (Fsp3) is 0.444. The van der Waals surface area contributed by atoms with E-state index in [-0.39, 0.29) is 18.7 Å². The SMILES string of the molecule is CCOc1ccc(-c2noc(CCC(=O)N3CCC[C@@H]3C(=O)O)n2)cc1. The summed E-state index contributed by atoms with van der Waals surface area (Å²) in [6, 6.07) is 6.62. The fourth-order valence-electron chi connectivity index (χ4n) is 3.02. The molecule has 8 nitrogen and oxygen atoms in total. The van der Waals surface area contributed by atoms with Crippen molar-refractivity contribution < 1.29 is 24.0 Å². The predicted octanol–water partition coefficient (Wildman–Crippen LogP) is 2.14. The Balaban J connectivity index is 1.58. The van der Waals surface area contributed by atoms with Gasteiger partial charge < -0.3 is 19.3 Å². The van der Waals surface area contributed by atoms with Gasteiger partial charge in [0.05, 0.1) is 6.61 Å². The summed E-state index contributed by atoms with van der Waals surface area (Å²) in [5, 5.41) is 13.1. The molecule has 26 heavy (non-hydrogen) atoms. The molecule has 0 saturated carbocycles. The predicted molar refractivity (Wildman–Crippen MR) is 91.6 cm³/mol. The highest BCUT2D eigenvalue weighted by Gasteiger charge is 2.33. The molecule has 1 N–H and O–H groups in total. The molecule has 2 aromatic rings. The third kappa shape index (κ3) is 4.01. The lowest BCUT2D eigenvalue weighted by molar-refractivity contribution is -0.148. The lowest BCUT2D eigenvalue weighted by atomic mass is 10.2. The first-order valence-corrected chi connectivity index (χ1v) is 8.66. The first kappa shape index (κ1) is 17.9. The summed E-state index contributed by atoms with van der Waals surface area (Å²) < 4.78 is 10.6. The average Bonchev–Trinajstić information content (AvgIpc) is 3.30. The molecule has 138 valence electrons. The van der Waals surface area contributed by atoms with E-state index in [0.717, 1.165) is 11.3 Å². The minimum absolute atomic E-state index is 0.148. The number of aromatic nitrogens is 2. The second kappa shape index (κ2) is 7.99. The Morgan fingerprint density at radius 3 is 2.81 bits per heavy atom. The number of benzene rings is 1. The van der Waals surface area contributed by atoms with E-state index in [4.69, 9.17) is 14.4 Å². The van der Waals surface area contributed by atoms with Crippen LogP contribution in [0, 0.1) is 0 Å². The number of amides is 1. The summed E-state index contributed by atoms with van der Waals surface area (Å²) in [4.78, 5) is 29.2. The number of carboxylic acids is 1. The van der Waals surface area contributed by atoms with Crippen LogP contribution >= 0.6 is 0 Å². The molecule has 0 bridgehead atoms. The summed E-state index contributed by atoms with van der Waals surface area (Å²) in [7, 11) is 0. The minimum Gasteiger partial charge on any atom is -0.494 e. The summed E-state index contributed by atoms with van der Waals surface area (Å²) >= 11 is 0. The third-order valence-electron chi connectivity index (χ3n) is 4.30. The molecule has 0 unspecified atom stereocenters. The summed E-state index contributed by atoms with van der Waals surface area (Å²) in [5.74, 6) is 0.416. The highest BCUT2D eigenvalue weighted by atomic mass is 16.5. The van der Waals surface area contributed by atoms with Gasteiger partial charge in [0, 0.05) is 24.9 Å². The zero-order valence-corrected chi connectivity index (χ0v) is 14.6. The Morgan fingerprint density at radius 2 is 2.12 bits per heavy atom. The highest BCUT2D eigenvalue weighted by Crippen LogP contribution is 2.21. The average molecular weight is 359 g/mol. The van der Waals surface area contributed by atoms with Crippen molar-refractivity contribution >= 4 is 11.9 Å². The van der Waals surface area contributed by atoms with Crippen LogP contribution in [0.5, 0.6) is 5.75 Å². The molecule has 1 aromatic carbocycles. The van der Waals surface area contributed by atoms with Gasteiger partial charge in [-0.3, -0.25) is 4.79 Å². The number of nitrogens with zero attached hydrogens (tertiary/aromatic N) is 3. The molecular weight excluding hydrogens is 338 g/mol. The van der Waals surface area contributed by atoms with Crippen molar-refractivity contribution in [1.82, 2.24) is 15.0 Å². The van der Waals surface area contributed by atoms with Gasteiger partial charge in [-0.15, -0.1) is 0 Å². The Morgan fingerprint density at radius 1 is 1.35 bits per heavy atom. The van der Waals surface area contributed by atoms with Gasteiger partial charge in [0.1, 0.15) is 11.8 Å². The van der Waals surface area contributed by atoms with Crippen molar-refractivity contribution in [1.29, 1.82) is 0 Å². The largest absolute Gasteiger partial charge is 0.494 e. The normalized spacial score (nSPS) is 16.7. The molecule has 1 aliphatic rings. The number of likely N-dealkylation sites (tertiary alicyclic amines) is 1. The van der Waals surface area contributed by atoms with Crippen LogP contribution < -0.4 is 4.74 Å². The van der Waals surface area contributed by atoms with Gasteiger partial charge in [0.15, 0.2) is 0 Å². The number of ether oxygens (including phenoxy) is 1. The second-order valence-corrected chi connectivity index (χ2v) is 6.05. The van der Waals surface area contributed by atoms with E-state index < -0.39 is 12.0 Å². The van der Waals surface area contributed by atoms with E-state index in [9.17, 15) is 9.59 Å². The summed E-state index contributed by atoms with van der Waals surface area (Å²) in [6.45, 7) is 3.00. The smallest absolute Gasteiger partial charge is 0.326 e. The maximum atomic E-state index is 12.3. The molecule has 0 spiro atoms. The number of aliphatic carboxylic acids is 1. The lowest BCUT2D eigenvalue weighted by Gasteiger charge is -2.20. The molecular formula is C18H21N3O5. The van der Waals surface area contributed by atoms with E-state index in [0.29, 0.717) is 37.7 Å². The maximum absolute atomic E-state index is 12.3. The monoisotopic (exact) mass is 359 g/mol. The molecule has 1 saturated heterocycles. The van der Waals surface area contributed by atoms with Crippen molar-refractivity contribution in [2.75, 3.05) is 13.2 Å². The van der Waals surface area contributed by atoms with E-state index >= 15 is 0 Å². The number of aryl methyl sites for hydroxylation is 1. The first-order chi connectivity index (χ1) is 12.6. The molecule has 1 fully saturated rings. The van der Waals surface area contributed by atoms with E-state index in [1.165, 1.54) is 4.90 Å². The van der Waals surface area contributed by atoms with Gasteiger partial charge in [-0.1, -0.05) is 5.16 Å². The van der Waals surface area contributed by atoms with Gasteiger partial charge in [0.25, 0.3) is 0 Å². The van der Waals surface area contributed by atoms with Gasteiger partial charge >= 0.3 is 5.97 Å². The van der Waals surface area contributed by atoms with Gasteiger partial charge in [0.2, 0.25) is 17.6 Å². The zero-order chi connectivity index (χ0) is 18.5. The number of carbonyl (C=O) groups excluding carboxylic acids is 1. The van der Waals surface area contributed by atoms with Crippen LogP contribution in [0.15, 0.2) is 28.8 Å². The van der Waals surface area contributed by atoms with Crippen molar-refractivity contribution in [3.05, 3.63) is 30.2 Å². The third-order valence-corrected chi connectivity index (χ3v) is 4.30. The van der Waals surface area contributed by atoms with E-state index in [1.54, 1.807) is 0 Å². The van der Waals surface area contributed by atoms with Gasteiger partial charge in [-0.05, 0) is 44.0 Å². The van der Waals surface area contributed by atoms with Crippen LogP contribution in [0.25, 0.3) is 11.4 Å². The number of carboxylic acid groups (broad SMARTS) is 1. The zero-order valence-electron chi connectivity index (χ0n) is 14.6. The van der Waals surface area contributed by atoms with Crippen LogP contribution in [0.1, 0.15) is 32.1 Å². The molecule has 0 radical (unpaired) electrons. The van der Waals surface area contributed by atoms with Crippen molar-refractivity contribution in [3.8, 4) is 17.1 Å². The Hall–Kier alpha value is -2.90. The summed E-state index contributed by atoms with van der Waals surface area (Å²) in [5.41, 5.74) is 0.792. The first-order valence-electron chi connectivity index (χ1n) is 8.66. The second-order valence-electron chi connectivity index (χ2n) is 6.05. The van der Waals surface area contributed by atoms with Crippen molar-refractivity contribution in [3.63, 3.8) is 0 Å². The van der Waals surface area contributed by atoms with Gasteiger partial charge in [-0.2, -0.15) is 4.98 Å². The van der Waals surface area contributed by atoms with Gasteiger partial charge in [-0.25, -0.2) is 4.79 Å². The van der Waals surface area contributed by atoms with Crippen LogP contribution in [0.4, 0.5) is 0 Å². The Labute approximate surface area is 150 Å². The van der Waals surface area contributed by atoms with Crippen LogP contribution in [-0.2, 0) is 16.0 Å². The van der Waals surface area contributed by atoms with Crippen molar-refractivity contribution in [2.45, 2.75) is 38.6 Å². The Kier molecular flexibility index (Phi) is 5.50. The number of rotatable bonds is 7. The van der Waals surface area contributed by atoms with Crippen LogP contribution in [-0.4, -0.2) is 51.2 Å². The fourth-order valence-corrected chi connectivity index (χ4v) is 3.02. The van der Waals surface area contributed by atoms with Crippen LogP contribution in [0.2, 0.25) is 0 Å². The molecule has 8 heteroatoms. The number of hydrogen-bond donors (Lipinski definition) is 1. The number of hydrogen-bond acceptors (Lipinski definition) is 6. The minimum atomic E-state index is -0.952. The molecule has 2 heterocycles. The molecule has 1 aliphatic heterocycles. The molecule has 3 rings (SSSR count). The van der Waals surface area contributed by atoms with Crippen molar-refractivity contribution in [2.24, 2.45) is 0 Å². The van der Waals surface area contributed by atoms with Crippen LogP contribution in [0.3, 0.4) is 0 Å². The maximum Gasteiger partial charge on any atom is 0.326 e.